The van der Waals surface area contributed by atoms with Crippen LogP contribution in [0, 0.1) is 11.6 Å². The van der Waals surface area contributed by atoms with Gasteiger partial charge in [0.25, 0.3) is 5.91 Å². The largest absolute Gasteiger partial charge is 0.490 e. The number of carbonyl (C=O) groups is 1. The number of nitrogens with zero attached hydrogens (tertiary/aromatic N) is 2. The number of likely N-dealkylation sites (tertiary alicyclic amines) is 1. The van der Waals surface area contributed by atoms with Gasteiger partial charge in [0.2, 0.25) is 0 Å². The number of piperidine rings is 1. The van der Waals surface area contributed by atoms with E-state index in [4.69, 9.17) is 9.47 Å². The smallest absolute Gasteiger partial charge is 0.256 e. The van der Waals surface area contributed by atoms with Crippen LogP contribution in [-0.2, 0) is 4.74 Å². The normalized spacial score (nSPS) is 15.1. The molecule has 1 saturated heterocycles. The van der Waals surface area contributed by atoms with Gasteiger partial charge in [-0.1, -0.05) is 0 Å². The summed E-state index contributed by atoms with van der Waals surface area (Å²) in [6, 6.07) is 6.53. The molecule has 26 heavy (non-hydrogen) atoms. The molecule has 138 valence electrons. The Bertz CT molecular complexity index is 735. The molecule has 5 nitrogen and oxygen atoms in total. The molecule has 0 unspecified atom stereocenters. The molecule has 1 fully saturated rings. The minimum Gasteiger partial charge on any atom is -0.490 e. The number of ether oxygens (including phenoxy) is 2. The minimum absolute atomic E-state index is 0.0221. The molecule has 1 aliphatic heterocycles. The van der Waals surface area contributed by atoms with Gasteiger partial charge in [-0.15, -0.1) is 0 Å². The third-order valence-electron chi connectivity index (χ3n) is 4.23. The molecule has 1 aromatic carbocycles. The van der Waals surface area contributed by atoms with Gasteiger partial charge < -0.3 is 14.4 Å². The third kappa shape index (κ3) is 4.76. The standard InChI is InChI=1S/C19H20F2N2O3/c20-14-3-4-18(21)17(12-14)19(24)23-8-5-15(6-9-23)25-10-11-26-16-2-1-7-22-13-16/h1-4,7,12-13,15H,5-6,8-11H2. The van der Waals surface area contributed by atoms with Crippen LogP contribution in [0.5, 0.6) is 5.75 Å². The van der Waals surface area contributed by atoms with Crippen LogP contribution in [0.2, 0.25) is 0 Å². The molecule has 0 atom stereocenters. The highest BCUT2D eigenvalue weighted by molar-refractivity contribution is 5.94. The Morgan fingerprint density at radius 1 is 1.19 bits per heavy atom. The van der Waals surface area contributed by atoms with E-state index >= 15 is 0 Å². The Labute approximate surface area is 150 Å². The molecule has 0 aliphatic carbocycles. The molecule has 1 amide bonds. The number of carbonyl (C=O) groups excluding carboxylic acids is 1. The Hall–Kier alpha value is -2.54. The first-order chi connectivity index (χ1) is 12.6. The summed E-state index contributed by atoms with van der Waals surface area (Å²) in [6.07, 6.45) is 4.63. The second-order valence-corrected chi connectivity index (χ2v) is 6.02. The summed E-state index contributed by atoms with van der Waals surface area (Å²) in [7, 11) is 0. The summed E-state index contributed by atoms with van der Waals surface area (Å²) in [5.41, 5.74) is -0.228. The Morgan fingerprint density at radius 2 is 2.00 bits per heavy atom. The molecule has 0 spiro atoms. The number of pyridine rings is 1. The lowest BCUT2D eigenvalue weighted by Crippen LogP contribution is -2.41. The van der Waals surface area contributed by atoms with Crippen molar-refractivity contribution in [3.8, 4) is 5.75 Å². The number of hydrogen-bond acceptors (Lipinski definition) is 4. The maximum absolute atomic E-state index is 13.7. The average molecular weight is 362 g/mol. The van der Waals surface area contributed by atoms with Crippen LogP contribution in [0.4, 0.5) is 8.78 Å². The summed E-state index contributed by atoms with van der Waals surface area (Å²) in [5, 5.41) is 0. The number of aromatic nitrogens is 1. The van der Waals surface area contributed by atoms with Crippen LogP contribution in [0.1, 0.15) is 23.2 Å². The zero-order chi connectivity index (χ0) is 18.4. The first-order valence-electron chi connectivity index (χ1n) is 8.52. The van der Waals surface area contributed by atoms with Crippen molar-refractivity contribution in [3.05, 3.63) is 59.9 Å². The highest BCUT2D eigenvalue weighted by Gasteiger charge is 2.26. The summed E-state index contributed by atoms with van der Waals surface area (Å²) in [4.78, 5) is 17.8. The predicted octanol–water partition coefficient (Wildman–Crippen LogP) is 3.06. The summed E-state index contributed by atoms with van der Waals surface area (Å²) < 4.78 is 38.3. The molecule has 3 rings (SSSR count). The molecule has 2 heterocycles. The molecule has 7 heteroatoms. The Balaban J connectivity index is 1.41. The third-order valence-corrected chi connectivity index (χ3v) is 4.23. The number of rotatable bonds is 6. The number of amides is 1. The van der Waals surface area contributed by atoms with E-state index < -0.39 is 17.5 Å². The maximum atomic E-state index is 13.7. The van der Waals surface area contributed by atoms with E-state index in [1.807, 2.05) is 6.07 Å². The van der Waals surface area contributed by atoms with E-state index in [2.05, 4.69) is 4.98 Å². The SMILES string of the molecule is O=C(c1cc(F)ccc1F)N1CCC(OCCOc2cccnc2)CC1. The second kappa shape index (κ2) is 8.71. The van der Waals surface area contributed by atoms with Crippen molar-refractivity contribution in [1.29, 1.82) is 0 Å². The monoisotopic (exact) mass is 362 g/mol. The van der Waals surface area contributed by atoms with E-state index in [0.29, 0.717) is 44.9 Å². The highest BCUT2D eigenvalue weighted by Crippen LogP contribution is 2.18. The molecule has 1 aromatic heterocycles. The van der Waals surface area contributed by atoms with Crippen LogP contribution >= 0.6 is 0 Å². The van der Waals surface area contributed by atoms with Crippen molar-refractivity contribution in [2.45, 2.75) is 18.9 Å². The van der Waals surface area contributed by atoms with Gasteiger partial charge in [-0.25, -0.2) is 8.78 Å². The average Bonchev–Trinajstić information content (AvgIpc) is 2.68. The van der Waals surface area contributed by atoms with Crippen molar-refractivity contribution in [2.24, 2.45) is 0 Å². The van der Waals surface area contributed by atoms with Gasteiger partial charge in [-0.3, -0.25) is 9.78 Å². The molecule has 2 aromatic rings. The van der Waals surface area contributed by atoms with E-state index in [-0.39, 0.29) is 11.7 Å². The Kier molecular flexibility index (Phi) is 6.12. The fourth-order valence-electron chi connectivity index (χ4n) is 2.86. The first kappa shape index (κ1) is 18.3. The lowest BCUT2D eigenvalue weighted by Gasteiger charge is -2.32. The number of benzene rings is 1. The molecule has 0 saturated carbocycles. The Morgan fingerprint density at radius 3 is 2.73 bits per heavy atom. The van der Waals surface area contributed by atoms with Crippen LogP contribution < -0.4 is 4.74 Å². The predicted molar refractivity (Wildman–Crippen MR) is 91.0 cm³/mol. The molecular weight excluding hydrogens is 342 g/mol. The zero-order valence-corrected chi connectivity index (χ0v) is 14.2. The van der Waals surface area contributed by atoms with Crippen molar-refractivity contribution < 1.29 is 23.0 Å². The molecule has 1 aliphatic rings. The van der Waals surface area contributed by atoms with Crippen molar-refractivity contribution in [1.82, 2.24) is 9.88 Å². The summed E-state index contributed by atoms with van der Waals surface area (Å²) >= 11 is 0. The first-order valence-corrected chi connectivity index (χ1v) is 8.52. The summed E-state index contributed by atoms with van der Waals surface area (Å²) in [6.45, 7) is 1.75. The fourth-order valence-corrected chi connectivity index (χ4v) is 2.86. The molecular formula is C19H20F2N2O3. The topological polar surface area (TPSA) is 51.7 Å². The highest BCUT2D eigenvalue weighted by atomic mass is 19.1. The van der Waals surface area contributed by atoms with Crippen LogP contribution in [-0.4, -0.2) is 48.2 Å². The van der Waals surface area contributed by atoms with Gasteiger partial charge in [-0.05, 0) is 43.2 Å². The molecule has 0 bridgehead atoms. The maximum Gasteiger partial charge on any atom is 0.256 e. The van der Waals surface area contributed by atoms with Gasteiger partial charge in [0.05, 0.1) is 24.5 Å². The van der Waals surface area contributed by atoms with Crippen molar-refractivity contribution in [3.63, 3.8) is 0 Å². The van der Waals surface area contributed by atoms with Crippen LogP contribution in [0.25, 0.3) is 0 Å². The number of hydrogen-bond donors (Lipinski definition) is 0. The van der Waals surface area contributed by atoms with Crippen LogP contribution in [0.3, 0.4) is 0 Å². The van der Waals surface area contributed by atoms with Gasteiger partial charge in [-0.2, -0.15) is 0 Å². The second-order valence-electron chi connectivity index (χ2n) is 6.02. The molecule has 0 radical (unpaired) electrons. The number of halogens is 2. The summed E-state index contributed by atoms with van der Waals surface area (Å²) in [5.74, 6) is -1.13. The van der Waals surface area contributed by atoms with Gasteiger partial charge in [0.15, 0.2) is 0 Å². The van der Waals surface area contributed by atoms with Crippen molar-refractivity contribution in [2.75, 3.05) is 26.3 Å². The van der Waals surface area contributed by atoms with Gasteiger partial charge >= 0.3 is 0 Å². The van der Waals surface area contributed by atoms with E-state index in [1.54, 1.807) is 18.5 Å². The lowest BCUT2D eigenvalue weighted by molar-refractivity contribution is -0.00250. The lowest BCUT2D eigenvalue weighted by atomic mass is 10.1. The quantitative estimate of drug-likeness (QED) is 0.741. The van der Waals surface area contributed by atoms with E-state index in [1.165, 1.54) is 4.90 Å². The zero-order valence-electron chi connectivity index (χ0n) is 14.2. The van der Waals surface area contributed by atoms with Gasteiger partial charge in [0, 0.05) is 19.3 Å². The van der Waals surface area contributed by atoms with Crippen LogP contribution in [0.15, 0.2) is 42.7 Å². The van der Waals surface area contributed by atoms with E-state index in [9.17, 15) is 13.6 Å². The van der Waals surface area contributed by atoms with Crippen molar-refractivity contribution >= 4 is 5.91 Å². The fraction of sp³-hybridized carbons (Fsp3) is 0.368. The molecule has 0 N–H and O–H groups in total. The minimum atomic E-state index is -0.706. The van der Waals surface area contributed by atoms with E-state index in [0.717, 1.165) is 18.2 Å². The van der Waals surface area contributed by atoms with Gasteiger partial charge in [0.1, 0.15) is 24.0 Å².